The zero-order valence-corrected chi connectivity index (χ0v) is 14.9. The zero-order chi connectivity index (χ0) is 19.6. The summed E-state index contributed by atoms with van der Waals surface area (Å²) in [5.74, 6) is -1.02. The van der Waals surface area contributed by atoms with E-state index >= 15 is 0 Å². The molecule has 0 radical (unpaired) electrons. The van der Waals surface area contributed by atoms with Crippen molar-refractivity contribution in [2.24, 2.45) is 0 Å². The second-order valence-electron chi connectivity index (χ2n) is 6.21. The Labute approximate surface area is 155 Å². The Balaban J connectivity index is 1.55. The van der Waals surface area contributed by atoms with Crippen LogP contribution >= 0.6 is 0 Å². The predicted octanol–water partition coefficient (Wildman–Crippen LogP) is -0.620. The van der Waals surface area contributed by atoms with Gasteiger partial charge >= 0.3 is 16.4 Å². The minimum atomic E-state index is -4.85. The number of urea groups is 1. The van der Waals surface area contributed by atoms with Gasteiger partial charge in [0.1, 0.15) is 6.04 Å². The van der Waals surface area contributed by atoms with Crippen LogP contribution in [0.1, 0.15) is 18.4 Å². The molecule has 2 aliphatic heterocycles. The van der Waals surface area contributed by atoms with Crippen LogP contribution in [0.3, 0.4) is 0 Å². The molecule has 2 bridgehead atoms. The first-order valence-corrected chi connectivity index (χ1v) is 9.50. The first-order valence-electron chi connectivity index (χ1n) is 8.14. The molecule has 12 heteroatoms. The van der Waals surface area contributed by atoms with Crippen molar-refractivity contribution in [2.45, 2.75) is 31.3 Å². The molecule has 1 aromatic rings. The number of amides is 4. The highest BCUT2D eigenvalue weighted by molar-refractivity contribution is 7.80. The topological polar surface area (TPSA) is 145 Å². The molecular weight excluding hydrogens is 380 g/mol. The molecule has 2 aliphatic rings. The predicted molar refractivity (Wildman–Crippen MR) is 89.8 cm³/mol. The van der Waals surface area contributed by atoms with Gasteiger partial charge in [0.05, 0.1) is 12.5 Å². The summed E-state index contributed by atoms with van der Waals surface area (Å²) in [6.07, 6.45) is 0.627. The van der Waals surface area contributed by atoms with Gasteiger partial charge in [-0.15, -0.1) is 4.28 Å². The quantitative estimate of drug-likeness (QED) is 0.443. The third kappa shape index (κ3) is 4.53. The van der Waals surface area contributed by atoms with Crippen molar-refractivity contribution < 1.29 is 31.6 Å². The van der Waals surface area contributed by atoms with E-state index in [1.165, 1.54) is 0 Å². The Kier molecular flexibility index (Phi) is 5.30. The number of benzene rings is 1. The maximum atomic E-state index is 12.3. The smallest absolute Gasteiger partial charge is 0.309 e. The molecule has 0 aromatic heterocycles. The van der Waals surface area contributed by atoms with Crippen molar-refractivity contribution in [3.05, 3.63) is 35.9 Å². The van der Waals surface area contributed by atoms with Gasteiger partial charge in [0, 0.05) is 6.54 Å². The molecule has 0 saturated carbocycles. The van der Waals surface area contributed by atoms with Crippen LogP contribution in [-0.2, 0) is 30.7 Å². The Morgan fingerprint density at radius 2 is 1.89 bits per heavy atom. The van der Waals surface area contributed by atoms with Gasteiger partial charge in [-0.05, 0) is 18.4 Å². The summed E-state index contributed by atoms with van der Waals surface area (Å²) in [5, 5.41) is 0.552. The lowest BCUT2D eigenvalue weighted by Gasteiger charge is -2.29. The van der Waals surface area contributed by atoms with E-state index in [4.69, 9.17) is 4.55 Å². The van der Waals surface area contributed by atoms with Crippen LogP contribution in [0.25, 0.3) is 0 Å². The molecule has 4 amide bonds. The van der Waals surface area contributed by atoms with Gasteiger partial charge in [0.2, 0.25) is 5.91 Å². The fourth-order valence-corrected chi connectivity index (χ4v) is 3.53. The van der Waals surface area contributed by atoms with Crippen molar-refractivity contribution in [3.63, 3.8) is 0 Å². The van der Waals surface area contributed by atoms with Crippen LogP contribution in [0.15, 0.2) is 30.3 Å². The van der Waals surface area contributed by atoms with Crippen LogP contribution in [0.2, 0.25) is 0 Å². The minimum absolute atomic E-state index is 0.0738. The van der Waals surface area contributed by atoms with Gasteiger partial charge in [-0.3, -0.25) is 25.0 Å². The van der Waals surface area contributed by atoms with Crippen molar-refractivity contribution in [1.29, 1.82) is 0 Å². The number of hydroxylamine groups is 2. The Morgan fingerprint density at radius 1 is 1.19 bits per heavy atom. The van der Waals surface area contributed by atoms with Gasteiger partial charge in [-0.2, -0.15) is 13.5 Å². The number of hydrogen-bond donors (Lipinski definition) is 3. The molecule has 1 aromatic carbocycles. The van der Waals surface area contributed by atoms with E-state index in [1.807, 2.05) is 6.07 Å². The highest BCUT2D eigenvalue weighted by Crippen LogP contribution is 2.30. The van der Waals surface area contributed by atoms with Crippen LogP contribution in [-0.4, -0.2) is 59.4 Å². The fraction of sp³-hybridized carbons (Fsp3) is 0.400. The monoisotopic (exact) mass is 398 g/mol. The van der Waals surface area contributed by atoms with Crippen molar-refractivity contribution >= 4 is 28.2 Å². The van der Waals surface area contributed by atoms with Crippen molar-refractivity contribution in [1.82, 2.24) is 20.8 Å². The number of carbonyl (C=O) groups excluding carboxylic acids is 3. The number of fused-ring (bicyclic) bond motifs is 2. The summed E-state index contributed by atoms with van der Waals surface area (Å²) in [6, 6.07) is 6.63. The van der Waals surface area contributed by atoms with Gasteiger partial charge < -0.3 is 4.90 Å². The lowest BCUT2D eigenvalue weighted by Crippen LogP contribution is -2.54. The van der Waals surface area contributed by atoms with E-state index in [0.717, 1.165) is 10.5 Å². The normalized spacial score (nSPS) is 21.9. The summed E-state index contributed by atoms with van der Waals surface area (Å²) in [4.78, 5) is 37.6. The number of piperidine rings is 1. The molecule has 0 aliphatic carbocycles. The molecule has 11 nitrogen and oxygen atoms in total. The number of hydrazine groups is 1. The third-order valence-electron chi connectivity index (χ3n) is 4.33. The lowest BCUT2D eigenvalue weighted by molar-refractivity contribution is -0.131. The second kappa shape index (κ2) is 7.50. The van der Waals surface area contributed by atoms with Crippen LogP contribution in [0.5, 0.6) is 0 Å². The maximum absolute atomic E-state index is 12.3. The van der Waals surface area contributed by atoms with Crippen molar-refractivity contribution in [3.8, 4) is 0 Å². The van der Waals surface area contributed by atoms with Crippen LogP contribution in [0, 0.1) is 0 Å². The van der Waals surface area contributed by atoms with Crippen LogP contribution in [0.4, 0.5) is 4.79 Å². The molecule has 2 saturated heterocycles. The summed E-state index contributed by atoms with van der Waals surface area (Å²) >= 11 is 0. The van der Waals surface area contributed by atoms with E-state index in [1.54, 1.807) is 24.3 Å². The largest absolute Gasteiger partial charge is 0.418 e. The first kappa shape index (κ1) is 19.1. The SMILES string of the molecule is O=C(Cc1ccccc1)NNC(=O)[C@H]1CC[C@H]2CN1C(=O)N2OS(=O)(=O)O. The number of nitrogens with zero attached hydrogens (tertiary/aromatic N) is 2. The van der Waals surface area contributed by atoms with Crippen molar-refractivity contribution in [2.75, 3.05) is 6.54 Å². The van der Waals surface area contributed by atoms with Gasteiger partial charge in [0.25, 0.3) is 5.91 Å². The number of carbonyl (C=O) groups is 3. The summed E-state index contributed by atoms with van der Waals surface area (Å²) in [5.41, 5.74) is 5.35. The number of hydrogen-bond acceptors (Lipinski definition) is 6. The standard InChI is InChI=1S/C15H18N4O7S/c20-13(8-10-4-2-1-3-5-10)16-17-14(21)12-7-6-11-9-18(12)15(22)19(11)26-27(23,24)25/h1-5,11-12H,6-9H2,(H,16,20)(H,17,21)(H,23,24,25)/t11-,12+/m0/s1. The molecule has 2 heterocycles. The van der Waals surface area contributed by atoms with E-state index in [9.17, 15) is 22.8 Å². The Morgan fingerprint density at radius 3 is 2.56 bits per heavy atom. The van der Waals surface area contributed by atoms with Gasteiger partial charge in [-0.1, -0.05) is 30.3 Å². The summed E-state index contributed by atoms with van der Waals surface area (Å²) < 4.78 is 34.8. The van der Waals surface area contributed by atoms with E-state index in [-0.39, 0.29) is 19.4 Å². The molecular formula is C15H18N4O7S. The minimum Gasteiger partial charge on any atom is -0.309 e. The van der Waals surface area contributed by atoms with E-state index < -0.39 is 40.3 Å². The van der Waals surface area contributed by atoms with E-state index in [0.29, 0.717) is 11.5 Å². The fourth-order valence-electron chi connectivity index (χ4n) is 3.14. The second-order valence-corrected chi connectivity index (χ2v) is 7.21. The van der Waals surface area contributed by atoms with Gasteiger partial charge in [0.15, 0.2) is 0 Å². The van der Waals surface area contributed by atoms with E-state index in [2.05, 4.69) is 15.1 Å². The summed E-state index contributed by atoms with van der Waals surface area (Å²) in [6.45, 7) is 0.0738. The molecule has 2 atom stereocenters. The number of rotatable bonds is 5. The molecule has 3 rings (SSSR count). The zero-order valence-electron chi connectivity index (χ0n) is 14.1. The molecule has 0 spiro atoms. The molecule has 3 N–H and O–H groups in total. The maximum Gasteiger partial charge on any atom is 0.418 e. The lowest BCUT2D eigenvalue weighted by atomic mass is 10.0. The summed E-state index contributed by atoms with van der Waals surface area (Å²) in [7, 11) is -4.85. The Bertz CT molecular complexity index is 845. The highest BCUT2D eigenvalue weighted by Gasteiger charge is 2.49. The highest BCUT2D eigenvalue weighted by atomic mass is 32.3. The average molecular weight is 398 g/mol. The molecule has 2 fully saturated rings. The third-order valence-corrected chi connectivity index (χ3v) is 4.68. The first-order chi connectivity index (χ1) is 12.7. The van der Waals surface area contributed by atoms with Gasteiger partial charge in [-0.25, -0.2) is 4.79 Å². The number of nitrogens with one attached hydrogen (secondary N) is 2. The Hall–Kier alpha value is -2.70. The molecule has 0 unspecified atom stereocenters. The van der Waals surface area contributed by atoms with Crippen LogP contribution < -0.4 is 10.9 Å². The molecule has 146 valence electrons. The molecule has 27 heavy (non-hydrogen) atoms. The average Bonchev–Trinajstić information content (AvgIpc) is 2.84.